The van der Waals surface area contributed by atoms with Crippen LogP contribution in [0.1, 0.15) is 21.9 Å². The molecule has 0 aliphatic carbocycles. The molecular weight excluding hydrogens is 387 g/mol. The van der Waals surface area contributed by atoms with Crippen LogP contribution >= 0.6 is 23.2 Å². The summed E-state index contributed by atoms with van der Waals surface area (Å²) in [4.78, 5) is 21.9. The van der Waals surface area contributed by atoms with Gasteiger partial charge in [-0.05, 0) is 25.1 Å². The smallest absolute Gasteiger partial charge is 0.433 e. The van der Waals surface area contributed by atoms with Gasteiger partial charge in [-0.1, -0.05) is 34.4 Å². The second kappa shape index (κ2) is 7.19. The maximum Gasteiger partial charge on any atom is 0.433 e. The molecule has 3 aromatic rings. The molecule has 1 aromatic carbocycles. The van der Waals surface area contributed by atoms with Crippen molar-refractivity contribution in [2.75, 3.05) is 0 Å². The van der Waals surface area contributed by atoms with Gasteiger partial charge in [0, 0.05) is 5.56 Å². The molecule has 134 valence electrons. The Morgan fingerprint density at radius 2 is 1.96 bits per heavy atom. The zero-order chi connectivity index (χ0) is 18.8. The first-order valence-corrected chi connectivity index (χ1v) is 7.95. The first kappa shape index (κ1) is 18.0. The molecule has 0 aliphatic rings. The van der Waals surface area contributed by atoms with Gasteiger partial charge in [0.25, 0.3) is 0 Å². The molecule has 0 unspecified atom stereocenters. The molecule has 8 nitrogen and oxygen atoms in total. The van der Waals surface area contributed by atoms with Crippen LogP contribution in [-0.2, 0) is 11.3 Å². The molecular formula is C16H10Cl2N2O6. The van der Waals surface area contributed by atoms with Gasteiger partial charge in [0.05, 0.1) is 21.7 Å². The molecule has 0 aliphatic heterocycles. The third-order valence-electron chi connectivity index (χ3n) is 3.50. The predicted molar refractivity (Wildman–Crippen MR) is 91.2 cm³/mol. The molecule has 0 atom stereocenters. The molecule has 3 rings (SSSR count). The van der Waals surface area contributed by atoms with Gasteiger partial charge in [0.2, 0.25) is 5.76 Å². The van der Waals surface area contributed by atoms with Crippen molar-refractivity contribution in [1.82, 2.24) is 5.16 Å². The zero-order valence-electron chi connectivity index (χ0n) is 13.2. The molecule has 2 aromatic heterocycles. The van der Waals surface area contributed by atoms with Crippen LogP contribution in [0, 0.1) is 17.0 Å². The molecule has 0 saturated heterocycles. The fourth-order valence-electron chi connectivity index (χ4n) is 2.23. The second-order valence-electron chi connectivity index (χ2n) is 5.13. The monoisotopic (exact) mass is 396 g/mol. The van der Waals surface area contributed by atoms with E-state index in [0.717, 1.165) is 12.1 Å². The largest absolute Gasteiger partial charge is 0.455 e. The summed E-state index contributed by atoms with van der Waals surface area (Å²) in [5.41, 5.74) is 1.26. The maximum absolute atomic E-state index is 12.0. The minimum atomic E-state index is -0.866. The summed E-state index contributed by atoms with van der Waals surface area (Å²) in [6, 6.07) is 7.20. The Morgan fingerprint density at radius 1 is 1.27 bits per heavy atom. The number of furan rings is 1. The average Bonchev–Trinajstić information content (AvgIpc) is 3.21. The summed E-state index contributed by atoms with van der Waals surface area (Å²) in [7, 11) is 0. The molecule has 0 N–H and O–H groups in total. The van der Waals surface area contributed by atoms with Gasteiger partial charge in [-0.2, -0.15) is 0 Å². The summed E-state index contributed by atoms with van der Waals surface area (Å²) >= 11 is 12.4. The van der Waals surface area contributed by atoms with E-state index < -0.39 is 16.8 Å². The van der Waals surface area contributed by atoms with E-state index in [0.29, 0.717) is 32.6 Å². The van der Waals surface area contributed by atoms with Gasteiger partial charge < -0.3 is 13.7 Å². The minimum Gasteiger partial charge on any atom is -0.455 e. The van der Waals surface area contributed by atoms with Crippen molar-refractivity contribution in [3.05, 3.63) is 67.6 Å². The fraction of sp³-hybridized carbons (Fsp3) is 0.125. The van der Waals surface area contributed by atoms with Crippen molar-refractivity contribution < 1.29 is 23.4 Å². The third-order valence-corrected chi connectivity index (χ3v) is 4.13. The number of carbonyl (C=O) groups excluding carboxylic acids is 1. The van der Waals surface area contributed by atoms with Gasteiger partial charge in [-0.25, -0.2) is 4.79 Å². The molecule has 0 bridgehead atoms. The van der Waals surface area contributed by atoms with E-state index in [2.05, 4.69) is 5.16 Å². The lowest BCUT2D eigenvalue weighted by Crippen LogP contribution is -2.05. The van der Waals surface area contributed by atoms with E-state index in [9.17, 15) is 14.9 Å². The molecule has 2 heterocycles. The second-order valence-corrected chi connectivity index (χ2v) is 5.95. The summed E-state index contributed by atoms with van der Waals surface area (Å²) in [6.45, 7) is 1.43. The number of nitro groups is 1. The van der Waals surface area contributed by atoms with Crippen molar-refractivity contribution in [3.63, 3.8) is 0 Å². The average molecular weight is 397 g/mol. The number of aromatic nitrogens is 1. The number of carbonyl (C=O) groups is 1. The van der Waals surface area contributed by atoms with E-state index in [1.807, 2.05) is 0 Å². The van der Waals surface area contributed by atoms with Crippen LogP contribution in [-0.4, -0.2) is 16.0 Å². The Labute approximate surface area is 156 Å². The van der Waals surface area contributed by atoms with E-state index >= 15 is 0 Å². The highest BCUT2D eigenvalue weighted by molar-refractivity contribution is 6.39. The van der Waals surface area contributed by atoms with E-state index in [1.165, 1.54) is 0 Å². The van der Waals surface area contributed by atoms with Gasteiger partial charge in [-0.15, -0.1) is 0 Å². The Kier molecular flexibility index (Phi) is 4.97. The normalized spacial score (nSPS) is 10.7. The van der Waals surface area contributed by atoms with Gasteiger partial charge in [0.1, 0.15) is 23.0 Å². The Balaban J connectivity index is 1.84. The fourth-order valence-corrected chi connectivity index (χ4v) is 2.80. The molecule has 26 heavy (non-hydrogen) atoms. The Morgan fingerprint density at radius 3 is 2.58 bits per heavy atom. The van der Waals surface area contributed by atoms with Crippen LogP contribution < -0.4 is 0 Å². The van der Waals surface area contributed by atoms with Crippen molar-refractivity contribution in [2.24, 2.45) is 0 Å². The van der Waals surface area contributed by atoms with E-state index in [4.69, 9.17) is 36.9 Å². The van der Waals surface area contributed by atoms with E-state index in [-0.39, 0.29) is 12.4 Å². The standard InChI is InChI=1S/C16H10Cl2N2O6/c1-8-9(7-24-16(21)12-5-6-13(25-12)20(22)23)15(19-26-8)14-10(17)3-2-4-11(14)18/h2-6H,7H2,1H3. The van der Waals surface area contributed by atoms with Gasteiger partial charge in [0.15, 0.2) is 0 Å². The summed E-state index contributed by atoms with van der Waals surface area (Å²) in [5.74, 6) is -1.30. The zero-order valence-corrected chi connectivity index (χ0v) is 14.7. The minimum absolute atomic E-state index is 0.209. The van der Waals surface area contributed by atoms with Gasteiger partial charge >= 0.3 is 11.9 Å². The first-order chi connectivity index (χ1) is 12.4. The molecule has 0 amide bonds. The third kappa shape index (κ3) is 3.42. The number of nitrogens with zero attached hydrogens (tertiary/aromatic N) is 2. The highest BCUT2D eigenvalue weighted by Crippen LogP contribution is 2.37. The predicted octanol–water partition coefficient (Wildman–Crippen LogP) is 4.82. The van der Waals surface area contributed by atoms with Crippen LogP contribution in [0.2, 0.25) is 10.0 Å². The van der Waals surface area contributed by atoms with Gasteiger partial charge in [-0.3, -0.25) is 10.1 Å². The topological polar surface area (TPSA) is 109 Å². The van der Waals surface area contributed by atoms with Crippen molar-refractivity contribution >= 4 is 35.1 Å². The molecule has 0 spiro atoms. The first-order valence-electron chi connectivity index (χ1n) is 7.19. The molecule has 0 fully saturated rings. The number of ether oxygens (including phenoxy) is 1. The van der Waals surface area contributed by atoms with E-state index in [1.54, 1.807) is 25.1 Å². The number of halogens is 2. The number of hydrogen-bond acceptors (Lipinski definition) is 7. The van der Waals surface area contributed by atoms with Crippen molar-refractivity contribution in [2.45, 2.75) is 13.5 Å². The SMILES string of the molecule is Cc1onc(-c2c(Cl)cccc2Cl)c1COC(=O)c1ccc([N+](=O)[O-])o1. The van der Waals surface area contributed by atoms with Crippen LogP contribution in [0.5, 0.6) is 0 Å². The van der Waals surface area contributed by atoms with Crippen LogP contribution in [0.4, 0.5) is 5.88 Å². The number of rotatable bonds is 5. The number of aryl methyl sites for hydroxylation is 1. The molecule has 0 saturated carbocycles. The highest BCUT2D eigenvalue weighted by Gasteiger charge is 2.23. The highest BCUT2D eigenvalue weighted by atomic mass is 35.5. The quantitative estimate of drug-likeness (QED) is 0.345. The Bertz CT molecular complexity index is 974. The summed E-state index contributed by atoms with van der Waals surface area (Å²) in [6.07, 6.45) is 0. The van der Waals surface area contributed by atoms with Crippen LogP contribution in [0.3, 0.4) is 0 Å². The molecule has 0 radical (unpaired) electrons. The Hall–Kier alpha value is -2.84. The lowest BCUT2D eigenvalue weighted by molar-refractivity contribution is -0.402. The number of benzene rings is 1. The van der Waals surface area contributed by atoms with Crippen molar-refractivity contribution in [1.29, 1.82) is 0 Å². The number of esters is 1. The maximum atomic E-state index is 12.0. The summed E-state index contributed by atoms with van der Waals surface area (Å²) in [5, 5.41) is 15.3. The summed E-state index contributed by atoms with van der Waals surface area (Å²) < 4.78 is 15.1. The van der Waals surface area contributed by atoms with Crippen molar-refractivity contribution in [3.8, 4) is 11.3 Å². The lowest BCUT2D eigenvalue weighted by atomic mass is 10.1. The van der Waals surface area contributed by atoms with Crippen LogP contribution in [0.25, 0.3) is 11.3 Å². The van der Waals surface area contributed by atoms with Crippen LogP contribution in [0.15, 0.2) is 39.3 Å². The molecule has 10 heteroatoms. The number of hydrogen-bond donors (Lipinski definition) is 0. The lowest BCUT2D eigenvalue weighted by Gasteiger charge is -2.07.